The number of hydrogen-bond donors (Lipinski definition) is 1. The van der Waals surface area contributed by atoms with Gasteiger partial charge in [-0.1, -0.05) is 53.0 Å². The highest BCUT2D eigenvalue weighted by Gasteiger charge is 2.47. The van der Waals surface area contributed by atoms with Crippen molar-refractivity contribution in [2.45, 2.75) is 19.9 Å². The Hall–Kier alpha value is -3.68. The predicted molar refractivity (Wildman–Crippen MR) is 143 cm³/mol. The number of amides is 1. The highest BCUT2D eigenvalue weighted by molar-refractivity contribution is 6.52. The second-order valence-corrected chi connectivity index (χ2v) is 9.08. The lowest BCUT2D eigenvalue weighted by Crippen LogP contribution is -2.29. The first-order chi connectivity index (χ1) is 17.7. The quantitative estimate of drug-likeness (QED) is 0.213. The molecule has 1 atom stereocenters. The Morgan fingerprint density at radius 3 is 2.27 bits per heavy atom. The molecule has 1 unspecified atom stereocenters. The molecule has 0 bridgehead atoms. The lowest BCUT2D eigenvalue weighted by molar-refractivity contribution is -0.132. The molecule has 3 aromatic carbocycles. The molecule has 1 fully saturated rings. The fourth-order valence-electron chi connectivity index (χ4n) is 4.42. The molecule has 1 aliphatic heterocycles. The number of anilines is 1. The van der Waals surface area contributed by atoms with Crippen LogP contribution in [-0.4, -0.2) is 37.6 Å². The second-order valence-electron chi connectivity index (χ2n) is 8.30. The third-order valence-corrected chi connectivity index (χ3v) is 6.65. The number of rotatable bonds is 7. The van der Waals surface area contributed by atoms with Crippen LogP contribution >= 0.6 is 23.2 Å². The molecule has 1 amide bonds. The van der Waals surface area contributed by atoms with Crippen LogP contribution in [0, 0.1) is 6.92 Å². The van der Waals surface area contributed by atoms with Gasteiger partial charge in [0, 0.05) is 5.69 Å². The van der Waals surface area contributed by atoms with Crippen molar-refractivity contribution < 1.29 is 28.9 Å². The van der Waals surface area contributed by atoms with E-state index in [4.69, 9.17) is 37.4 Å². The van der Waals surface area contributed by atoms with Gasteiger partial charge in [-0.25, -0.2) is 0 Å². The van der Waals surface area contributed by atoms with Crippen molar-refractivity contribution in [2.75, 3.05) is 25.7 Å². The molecule has 3 aromatic rings. The van der Waals surface area contributed by atoms with Gasteiger partial charge in [-0.3, -0.25) is 14.5 Å². The number of benzene rings is 3. The van der Waals surface area contributed by atoms with Crippen LogP contribution in [0.4, 0.5) is 5.69 Å². The molecule has 0 aromatic heterocycles. The van der Waals surface area contributed by atoms with Crippen LogP contribution in [0.1, 0.15) is 29.7 Å². The number of ether oxygens (including phenoxy) is 3. The number of methoxy groups -OCH3 is 2. The molecule has 37 heavy (non-hydrogen) atoms. The molecule has 7 nitrogen and oxygen atoms in total. The van der Waals surface area contributed by atoms with E-state index in [9.17, 15) is 14.7 Å². The zero-order valence-electron chi connectivity index (χ0n) is 20.7. The minimum atomic E-state index is -0.929. The van der Waals surface area contributed by atoms with E-state index < -0.39 is 23.5 Å². The monoisotopic (exact) mass is 541 g/mol. The zero-order valence-corrected chi connectivity index (χ0v) is 22.2. The fourth-order valence-corrected chi connectivity index (χ4v) is 5.10. The topological polar surface area (TPSA) is 85.3 Å². The number of aliphatic hydroxyl groups is 1. The van der Waals surface area contributed by atoms with Crippen molar-refractivity contribution in [3.8, 4) is 17.2 Å². The van der Waals surface area contributed by atoms with Gasteiger partial charge in [-0.2, -0.15) is 0 Å². The van der Waals surface area contributed by atoms with Crippen molar-refractivity contribution in [1.82, 2.24) is 0 Å². The van der Waals surface area contributed by atoms with Crippen LogP contribution < -0.4 is 19.1 Å². The first-order valence-electron chi connectivity index (χ1n) is 11.4. The minimum Gasteiger partial charge on any atom is -0.507 e. The largest absolute Gasteiger partial charge is 0.507 e. The van der Waals surface area contributed by atoms with E-state index in [1.807, 2.05) is 32.0 Å². The van der Waals surface area contributed by atoms with E-state index in [1.54, 1.807) is 30.3 Å². The maximum atomic E-state index is 13.5. The molecular formula is C28H25Cl2NO6. The molecule has 1 saturated heterocycles. The summed E-state index contributed by atoms with van der Waals surface area (Å²) in [5.41, 5.74) is 1.96. The summed E-state index contributed by atoms with van der Waals surface area (Å²) in [6.45, 7) is 4.26. The molecule has 192 valence electrons. The van der Waals surface area contributed by atoms with Gasteiger partial charge >= 0.3 is 0 Å². The number of nitrogens with zero attached hydrogens (tertiary/aromatic N) is 1. The second kappa shape index (κ2) is 10.7. The summed E-state index contributed by atoms with van der Waals surface area (Å²) in [5.74, 6) is -1.29. The Kier molecular flexibility index (Phi) is 7.66. The van der Waals surface area contributed by atoms with Gasteiger partial charge in [-0.05, 0) is 49.7 Å². The van der Waals surface area contributed by atoms with Crippen LogP contribution in [0.3, 0.4) is 0 Å². The van der Waals surface area contributed by atoms with Gasteiger partial charge < -0.3 is 19.3 Å². The van der Waals surface area contributed by atoms with E-state index in [0.29, 0.717) is 23.6 Å². The zero-order chi connectivity index (χ0) is 26.9. The Morgan fingerprint density at radius 1 is 1.00 bits per heavy atom. The molecule has 1 heterocycles. The van der Waals surface area contributed by atoms with Crippen LogP contribution in [-0.2, 0) is 9.59 Å². The minimum absolute atomic E-state index is 0.0203. The summed E-state index contributed by atoms with van der Waals surface area (Å²) in [5, 5.41) is 11.7. The number of aryl methyl sites for hydroxylation is 1. The van der Waals surface area contributed by atoms with Crippen LogP contribution in [0.25, 0.3) is 5.76 Å². The van der Waals surface area contributed by atoms with E-state index in [-0.39, 0.29) is 32.7 Å². The number of aliphatic hydroxyl groups excluding tert-OH is 1. The molecule has 0 aliphatic carbocycles. The van der Waals surface area contributed by atoms with Gasteiger partial charge in [0.05, 0.1) is 43.0 Å². The average molecular weight is 542 g/mol. The predicted octanol–water partition coefficient (Wildman–Crippen LogP) is 6.34. The molecule has 0 radical (unpaired) electrons. The van der Waals surface area contributed by atoms with Crippen molar-refractivity contribution >= 4 is 46.3 Å². The number of carbonyl (C=O) groups excluding carboxylic acids is 2. The summed E-state index contributed by atoms with van der Waals surface area (Å²) >= 11 is 12.8. The van der Waals surface area contributed by atoms with E-state index in [0.717, 1.165) is 5.56 Å². The summed E-state index contributed by atoms with van der Waals surface area (Å²) in [7, 11) is 2.76. The normalized spacial score (nSPS) is 16.7. The van der Waals surface area contributed by atoms with E-state index in [1.165, 1.54) is 25.2 Å². The fraction of sp³-hybridized carbons (Fsp3) is 0.214. The number of carbonyl (C=O) groups is 2. The Bertz CT molecular complexity index is 1400. The highest BCUT2D eigenvalue weighted by Crippen LogP contribution is 2.48. The Labute approximate surface area is 224 Å². The number of Topliss-reactive ketones (excluding diaryl/α,β-unsaturated/α-hetero) is 1. The summed E-state index contributed by atoms with van der Waals surface area (Å²) in [6, 6.07) is 14.7. The Morgan fingerprint density at radius 2 is 1.68 bits per heavy atom. The van der Waals surface area contributed by atoms with Gasteiger partial charge in [-0.15, -0.1) is 0 Å². The first kappa shape index (κ1) is 26.4. The van der Waals surface area contributed by atoms with Gasteiger partial charge in [0.15, 0.2) is 11.5 Å². The number of halogens is 2. The number of hydrogen-bond acceptors (Lipinski definition) is 6. The smallest absolute Gasteiger partial charge is 0.300 e. The van der Waals surface area contributed by atoms with Crippen molar-refractivity contribution in [1.29, 1.82) is 0 Å². The van der Waals surface area contributed by atoms with Crippen molar-refractivity contribution in [2.24, 2.45) is 0 Å². The molecule has 0 spiro atoms. The summed E-state index contributed by atoms with van der Waals surface area (Å²) in [6.07, 6.45) is 0. The van der Waals surface area contributed by atoms with Crippen molar-refractivity contribution in [3.63, 3.8) is 0 Å². The first-order valence-corrected chi connectivity index (χ1v) is 12.2. The molecular weight excluding hydrogens is 517 g/mol. The van der Waals surface area contributed by atoms with Crippen LogP contribution in [0.2, 0.25) is 10.0 Å². The molecule has 9 heteroatoms. The number of ketones is 1. The van der Waals surface area contributed by atoms with E-state index >= 15 is 0 Å². The van der Waals surface area contributed by atoms with E-state index in [2.05, 4.69) is 0 Å². The average Bonchev–Trinajstić information content (AvgIpc) is 3.14. The third-order valence-electron chi connectivity index (χ3n) is 6.02. The maximum Gasteiger partial charge on any atom is 0.300 e. The van der Waals surface area contributed by atoms with Crippen LogP contribution in [0.5, 0.6) is 17.2 Å². The standard InChI is InChI=1S/C28H25Cl2NO6/c1-5-37-18-11-9-17(10-12-18)31-23(16-8-6-7-15(2)13-16)21(25(33)28(31)34)24(32)19-14-20(29)27(36-4)22(30)26(19)35-3/h6-14,23,32H,5H2,1-4H3/b24-21+. The van der Waals surface area contributed by atoms with Crippen molar-refractivity contribution in [3.05, 3.63) is 86.9 Å². The molecule has 1 N–H and O–H groups in total. The summed E-state index contributed by atoms with van der Waals surface area (Å²) < 4.78 is 16.2. The third kappa shape index (κ3) is 4.72. The lowest BCUT2D eigenvalue weighted by Gasteiger charge is -2.26. The molecule has 4 rings (SSSR count). The van der Waals surface area contributed by atoms with Gasteiger partial charge in [0.1, 0.15) is 16.5 Å². The van der Waals surface area contributed by atoms with Crippen LogP contribution in [0.15, 0.2) is 60.2 Å². The maximum absolute atomic E-state index is 13.5. The summed E-state index contributed by atoms with van der Waals surface area (Å²) in [4.78, 5) is 28.2. The Balaban J connectivity index is 1.98. The highest BCUT2D eigenvalue weighted by atomic mass is 35.5. The van der Waals surface area contributed by atoms with Gasteiger partial charge in [0.2, 0.25) is 0 Å². The van der Waals surface area contributed by atoms with Gasteiger partial charge in [0.25, 0.3) is 11.7 Å². The molecule has 0 saturated carbocycles. The molecule has 1 aliphatic rings. The SMILES string of the molecule is CCOc1ccc(N2C(=O)C(=O)/C(=C(/O)c3cc(Cl)c(OC)c(Cl)c3OC)C2c2cccc(C)c2)cc1. The lowest BCUT2D eigenvalue weighted by atomic mass is 9.94.